The van der Waals surface area contributed by atoms with Gasteiger partial charge in [-0.2, -0.15) is 0 Å². The summed E-state index contributed by atoms with van der Waals surface area (Å²) >= 11 is -1.60. The molecule has 0 amide bonds. The van der Waals surface area contributed by atoms with Crippen LogP contribution in [0, 0.1) is 10.7 Å². The number of halogens is 3. The summed E-state index contributed by atoms with van der Waals surface area (Å²) in [5.74, 6) is 2.55. The molecule has 0 atom stereocenters. The van der Waals surface area contributed by atoms with Crippen molar-refractivity contribution in [2.24, 2.45) is 0 Å². The van der Waals surface area contributed by atoms with E-state index in [1.54, 1.807) is 12.1 Å². The van der Waals surface area contributed by atoms with Crippen LogP contribution in [0.15, 0.2) is 24.3 Å². The van der Waals surface area contributed by atoms with Gasteiger partial charge in [-0.3, -0.25) is 0 Å². The van der Waals surface area contributed by atoms with E-state index in [2.05, 4.69) is 17.7 Å². The fourth-order valence-electron chi connectivity index (χ4n) is 1.48. The van der Waals surface area contributed by atoms with E-state index < -0.39 is 20.0 Å². The summed E-state index contributed by atoms with van der Waals surface area (Å²) in [5.41, 5.74) is 1.87. The molecule has 0 nitrogen and oxygen atoms in total. The van der Waals surface area contributed by atoms with E-state index in [0.29, 0.717) is 5.56 Å². The van der Waals surface area contributed by atoms with Crippen LogP contribution in [0.1, 0.15) is 37.3 Å². The van der Waals surface area contributed by atoms with E-state index in [-0.39, 0.29) is 0 Å². The van der Waals surface area contributed by atoms with Crippen molar-refractivity contribution < 1.29 is 13.2 Å². The third kappa shape index (κ3) is 6.73. The minimum absolute atomic E-state index is 0.653. The van der Waals surface area contributed by atoms with Gasteiger partial charge in [-0.1, -0.05) is 0 Å². The van der Waals surface area contributed by atoms with Crippen LogP contribution in [0.25, 0.3) is 0 Å². The molecular formula is C14H15F3Se. The van der Waals surface area contributed by atoms with Crippen molar-refractivity contribution >= 4 is 15.0 Å². The van der Waals surface area contributed by atoms with Crippen molar-refractivity contribution in [2.45, 2.75) is 37.7 Å². The molecule has 0 radical (unpaired) electrons. The van der Waals surface area contributed by atoms with E-state index in [1.165, 1.54) is 18.4 Å². The molecule has 0 aromatic heterocycles. The molecule has 0 aliphatic rings. The summed E-state index contributed by atoms with van der Waals surface area (Å²) in [5, 5.41) is -4.14. The first-order valence-electron chi connectivity index (χ1n) is 5.86. The van der Waals surface area contributed by atoms with Crippen LogP contribution in [0.5, 0.6) is 0 Å². The van der Waals surface area contributed by atoms with Gasteiger partial charge in [0, 0.05) is 0 Å². The summed E-state index contributed by atoms with van der Waals surface area (Å²) in [6.45, 7) is 2.15. The second-order valence-electron chi connectivity index (χ2n) is 3.93. The van der Waals surface area contributed by atoms with E-state index >= 15 is 0 Å². The number of aryl methyl sites for hydroxylation is 1. The Morgan fingerprint density at radius 1 is 1.11 bits per heavy atom. The molecule has 0 aliphatic heterocycles. The Morgan fingerprint density at radius 3 is 2.33 bits per heavy atom. The summed E-state index contributed by atoms with van der Waals surface area (Å²) in [7, 11) is 0. The Bertz CT molecular complexity index is 409. The van der Waals surface area contributed by atoms with Crippen LogP contribution in [-0.2, 0) is 6.42 Å². The molecule has 0 N–H and O–H groups in total. The number of alkyl halides is 3. The first-order valence-corrected chi connectivity index (χ1v) is 7.57. The average Bonchev–Trinajstić information content (AvgIpc) is 2.30. The van der Waals surface area contributed by atoms with Gasteiger partial charge >= 0.3 is 112 Å². The molecule has 0 fully saturated rings. The van der Waals surface area contributed by atoms with E-state index in [1.807, 2.05) is 12.1 Å². The van der Waals surface area contributed by atoms with Gasteiger partial charge in [0.1, 0.15) is 0 Å². The van der Waals surface area contributed by atoms with E-state index in [4.69, 9.17) is 0 Å². The fraction of sp³-hybridized carbons (Fsp3) is 0.429. The van der Waals surface area contributed by atoms with Crippen molar-refractivity contribution in [3.05, 3.63) is 35.4 Å². The molecule has 0 spiro atoms. The van der Waals surface area contributed by atoms with Gasteiger partial charge in [0.15, 0.2) is 0 Å². The Morgan fingerprint density at radius 2 is 1.78 bits per heavy atom. The Kier molecular flexibility index (Phi) is 6.32. The zero-order valence-corrected chi connectivity index (χ0v) is 11.9. The zero-order chi connectivity index (χ0) is 13.4. The predicted molar refractivity (Wildman–Crippen MR) is 68.4 cm³/mol. The molecule has 0 aliphatic carbocycles. The molecular weight excluding hydrogens is 304 g/mol. The summed E-state index contributed by atoms with van der Waals surface area (Å²) in [6, 6.07) is 7.47. The molecule has 0 saturated heterocycles. The van der Waals surface area contributed by atoms with Gasteiger partial charge in [-0.05, 0) is 0 Å². The van der Waals surface area contributed by atoms with Crippen molar-refractivity contribution in [3.63, 3.8) is 0 Å². The molecule has 1 aromatic carbocycles. The number of hydrogen-bond acceptors (Lipinski definition) is 0. The predicted octanol–water partition coefficient (Wildman–Crippen LogP) is 3.95. The first-order chi connectivity index (χ1) is 8.51. The fourth-order valence-corrected chi connectivity index (χ4v) is 2.07. The van der Waals surface area contributed by atoms with Gasteiger partial charge in [0.2, 0.25) is 0 Å². The molecule has 0 heterocycles. The second-order valence-corrected chi connectivity index (χ2v) is 5.76. The van der Waals surface area contributed by atoms with Crippen LogP contribution in [0.2, 0.25) is 0 Å². The second kappa shape index (κ2) is 7.51. The zero-order valence-electron chi connectivity index (χ0n) is 10.2. The van der Waals surface area contributed by atoms with E-state index in [0.717, 1.165) is 12.8 Å². The van der Waals surface area contributed by atoms with Gasteiger partial charge in [0.25, 0.3) is 0 Å². The van der Waals surface area contributed by atoms with Gasteiger partial charge in [-0.25, -0.2) is 0 Å². The van der Waals surface area contributed by atoms with Crippen LogP contribution in [0.3, 0.4) is 0 Å². The number of hydrogen-bond donors (Lipinski definition) is 0. The number of benzene rings is 1. The normalized spacial score (nSPS) is 10.9. The summed E-state index contributed by atoms with van der Waals surface area (Å²) in [6.07, 6.45) is 4.56. The van der Waals surface area contributed by atoms with Gasteiger partial charge in [0.05, 0.1) is 0 Å². The Hall–Kier alpha value is -0.911. The number of unbranched alkanes of at least 4 members (excludes halogenated alkanes) is 2. The van der Waals surface area contributed by atoms with Gasteiger partial charge in [-0.15, -0.1) is 0 Å². The molecule has 4 heteroatoms. The monoisotopic (exact) mass is 320 g/mol. The Labute approximate surface area is 112 Å². The van der Waals surface area contributed by atoms with Crippen LogP contribution < -0.4 is 0 Å². The van der Waals surface area contributed by atoms with E-state index in [9.17, 15) is 13.2 Å². The van der Waals surface area contributed by atoms with Crippen molar-refractivity contribution in [1.29, 1.82) is 0 Å². The molecule has 98 valence electrons. The van der Waals surface area contributed by atoms with Crippen molar-refractivity contribution in [1.82, 2.24) is 0 Å². The molecule has 1 aromatic rings. The Balaban J connectivity index is 2.50. The molecule has 1 rings (SSSR count). The quantitative estimate of drug-likeness (QED) is 0.448. The average molecular weight is 319 g/mol. The minimum atomic E-state index is -4.14. The maximum atomic E-state index is 11.9. The SMILES string of the molecule is CCCCCc1ccc(C#C[Se]C(F)(F)F)cc1. The molecule has 0 bridgehead atoms. The molecule has 0 saturated carbocycles. The van der Waals surface area contributed by atoms with Crippen LogP contribution in [-0.4, -0.2) is 20.0 Å². The third-order valence-corrected chi connectivity index (χ3v) is 3.30. The molecule has 0 unspecified atom stereocenters. The topological polar surface area (TPSA) is 0 Å². The summed E-state index contributed by atoms with van der Waals surface area (Å²) in [4.78, 5) is 2.20. The first kappa shape index (κ1) is 15.1. The van der Waals surface area contributed by atoms with Crippen molar-refractivity contribution in [2.75, 3.05) is 0 Å². The summed E-state index contributed by atoms with van der Waals surface area (Å²) < 4.78 is 35.8. The standard InChI is InChI=1S/C14H15F3Se/c1-2-3-4-5-12-6-8-13(9-7-12)10-11-18-14(15,16)17/h6-9H,2-5H2,1H3. The van der Waals surface area contributed by atoms with Crippen LogP contribution in [0.4, 0.5) is 13.2 Å². The number of rotatable bonds is 4. The molecule has 18 heavy (non-hydrogen) atoms. The van der Waals surface area contributed by atoms with Crippen LogP contribution >= 0.6 is 0 Å². The maximum absolute atomic E-state index is 11.9. The van der Waals surface area contributed by atoms with Gasteiger partial charge < -0.3 is 0 Å². The van der Waals surface area contributed by atoms with Crippen molar-refractivity contribution in [3.8, 4) is 10.7 Å². The third-order valence-electron chi connectivity index (χ3n) is 2.39.